The Morgan fingerprint density at radius 2 is 1.15 bits per heavy atom. The molecular formula is C27H23NO3S2. The van der Waals surface area contributed by atoms with Crippen LogP contribution in [0.15, 0.2) is 113 Å². The summed E-state index contributed by atoms with van der Waals surface area (Å²) >= 11 is 2.81. The first-order chi connectivity index (χ1) is 16.0. The summed E-state index contributed by atoms with van der Waals surface area (Å²) in [4.78, 5) is 14.9. The molecule has 6 heteroatoms. The van der Waals surface area contributed by atoms with Gasteiger partial charge in [-0.1, -0.05) is 42.5 Å². The number of carbonyl (C=O) groups is 1. The molecule has 4 rings (SSSR count). The van der Waals surface area contributed by atoms with Gasteiger partial charge in [-0.2, -0.15) is 0 Å². The van der Waals surface area contributed by atoms with Gasteiger partial charge in [0.05, 0.1) is 0 Å². The molecule has 4 nitrogen and oxygen atoms in total. The van der Waals surface area contributed by atoms with Gasteiger partial charge >= 0.3 is 0 Å². The highest BCUT2D eigenvalue weighted by atomic mass is 32.2. The SMILES string of the molecule is O=C(Nc1ccc(Cc2ccccc2)cc1)C(Sc1ccc(O)cc1)Sc1ccc(O)cc1. The van der Waals surface area contributed by atoms with Crippen molar-refractivity contribution >= 4 is 35.1 Å². The third kappa shape index (κ3) is 6.81. The number of aromatic hydroxyl groups is 2. The van der Waals surface area contributed by atoms with Crippen molar-refractivity contribution in [1.29, 1.82) is 0 Å². The van der Waals surface area contributed by atoms with E-state index in [0.717, 1.165) is 21.9 Å². The Bertz CT molecular complexity index is 1130. The first-order valence-corrected chi connectivity index (χ1v) is 12.2. The standard InChI is InChI=1S/C27H23NO3S2/c29-22-10-14-24(15-11-22)32-27(33-25-16-12-23(30)13-17-25)26(31)28-21-8-6-20(7-9-21)18-19-4-2-1-3-5-19/h1-17,27,29-30H,18H2,(H,28,31). The van der Waals surface area contributed by atoms with Crippen LogP contribution in [0.2, 0.25) is 0 Å². The molecule has 0 aliphatic rings. The molecule has 0 unspecified atom stereocenters. The van der Waals surface area contributed by atoms with E-state index in [2.05, 4.69) is 17.4 Å². The largest absolute Gasteiger partial charge is 0.508 e. The van der Waals surface area contributed by atoms with Crippen molar-refractivity contribution in [3.8, 4) is 11.5 Å². The summed E-state index contributed by atoms with van der Waals surface area (Å²) < 4.78 is -0.469. The second-order valence-corrected chi connectivity index (χ2v) is 10.1. The van der Waals surface area contributed by atoms with E-state index in [1.807, 2.05) is 42.5 Å². The predicted octanol–water partition coefficient (Wildman–Crippen LogP) is 6.54. The minimum Gasteiger partial charge on any atom is -0.508 e. The van der Waals surface area contributed by atoms with Gasteiger partial charge in [-0.25, -0.2) is 0 Å². The summed E-state index contributed by atoms with van der Waals surface area (Å²) in [6.45, 7) is 0. The fraction of sp³-hybridized carbons (Fsp3) is 0.0741. The van der Waals surface area contributed by atoms with Crippen molar-refractivity contribution in [2.75, 3.05) is 5.32 Å². The first kappa shape index (κ1) is 22.8. The van der Waals surface area contributed by atoms with E-state index in [1.54, 1.807) is 48.5 Å². The lowest BCUT2D eigenvalue weighted by molar-refractivity contribution is -0.114. The quantitative estimate of drug-likeness (QED) is 0.200. The van der Waals surface area contributed by atoms with Gasteiger partial charge in [0.1, 0.15) is 16.1 Å². The maximum atomic E-state index is 13.2. The summed E-state index contributed by atoms with van der Waals surface area (Å²) in [5, 5.41) is 22.1. The number of benzene rings is 4. The van der Waals surface area contributed by atoms with Gasteiger partial charge in [-0.3, -0.25) is 4.79 Å². The molecule has 0 heterocycles. The molecule has 0 spiro atoms. The molecule has 0 fully saturated rings. The van der Waals surface area contributed by atoms with Crippen LogP contribution in [0.5, 0.6) is 11.5 Å². The second kappa shape index (κ2) is 11.0. The fourth-order valence-corrected chi connectivity index (χ4v) is 5.44. The van der Waals surface area contributed by atoms with Crippen molar-refractivity contribution in [3.63, 3.8) is 0 Å². The Labute approximate surface area is 201 Å². The number of hydrogen-bond acceptors (Lipinski definition) is 5. The monoisotopic (exact) mass is 473 g/mol. The number of anilines is 1. The molecule has 0 aromatic heterocycles. The highest BCUT2D eigenvalue weighted by Crippen LogP contribution is 2.37. The van der Waals surface area contributed by atoms with Gasteiger partial charge in [0.15, 0.2) is 0 Å². The van der Waals surface area contributed by atoms with E-state index in [1.165, 1.54) is 34.7 Å². The van der Waals surface area contributed by atoms with Crippen molar-refractivity contribution in [1.82, 2.24) is 0 Å². The maximum absolute atomic E-state index is 13.2. The zero-order valence-corrected chi connectivity index (χ0v) is 19.4. The van der Waals surface area contributed by atoms with Gasteiger partial charge in [-0.15, -0.1) is 23.5 Å². The number of nitrogens with one attached hydrogen (secondary N) is 1. The predicted molar refractivity (Wildman–Crippen MR) is 136 cm³/mol. The number of amides is 1. The molecule has 0 saturated heterocycles. The molecule has 33 heavy (non-hydrogen) atoms. The highest BCUT2D eigenvalue weighted by molar-refractivity contribution is 8.18. The molecule has 4 aromatic carbocycles. The molecule has 0 aliphatic carbocycles. The van der Waals surface area contributed by atoms with Crippen LogP contribution in [0.1, 0.15) is 11.1 Å². The number of hydrogen-bond donors (Lipinski definition) is 3. The molecule has 166 valence electrons. The van der Waals surface area contributed by atoms with E-state index >= 15 is 0 Å². The lowest BCUT2D eigenvalue weighted by Crippen LogP contribution is -2.22. The van der Waals surface area contributed by atoms with Gasteiger partial charge in [0, 0.05) is 15.5 Å². The Hall–Kier alpha value is -3.35. The van der Waals surface area contributed by atoms with E-state index < -0.39 is 4.58 Å². The van der Waals surface area contributed by atoms with Crippen LogP contribution < -0.4 is 5.32 Å². The van der Waals surface area contributed by atoms with Crippen LogP contribution in [-0.4, -0.2) is 20.7 Å². The highest BCUT2D eigenvalue weighted by Gasteiger charge is 2.22. The van der Waals surface area contributed by atoms with Crippen molar-refractivity contribution < 1.29 is 15.0 Å². The van der Waals surface area contributed by atoms with Crippen LogP contribution in [-0.2, 0) is 11.2 Å². The third-order valence-electron chi connectivity index (χ3n) is 4.85. The summed E-state index contributed by atoms with van der Waals surface area (Å²) in [6, 6.07) is 31.7. The first-order valence-electron chi connectivity index (χ1n) is 10.4. The van der Waals surface area contributed by atoms with Crippen LogP contribution in [0.3, 0.4) is 0 Å². The average Bonchev–Trinajstić information content (AvgIpc) is 2.83. The Balaban J connectivity index is 1.46. The molecule has 3 N–H and O–H groups in total. The molecule has 1 amide bonds. The molecule has 0 atom stereocenters. The van der Waals surface area contributed by atoms with Crippen LogP contribution in [0.4, 0.5) is 5.69 Å². The smallest absolute Gasteiger partial charge is 0.248 e. The normalized spacial score (nSPS) is 10.8. The van der Waals surface area contributed by atoms with Crippen molar-refractivity contribution in [2.45, 2.75) is 20.8 Å². The molecule has 4 aromatic rings. The summed E-state index contributed by atoms with van der Waals surface area (Å²) in [5.41, 5.74) is 3.15. The molecule has 0 radical (unpaired) electrons. The second-order valence-electron chi connectivity index (χ2n) is 7.40. The maximum Gasteiger partial charge on any atom is 0.248 e. The zero-order valence-electron chi connectivity index (χ0n) is 17.7. The molecule has 0 aliphatic heterocycles. The summed E-state index contributed by atoms with van der Waals surface area (Å²) in [5.74, 6) is 0.228. The van der Waals surface area contributed by atoms with Crippen molar-refractivity contribution in [2.24, 2.45) is 0 Å². The van der Waals surface area contributed by atoms with E-state index in [-0.39, 0.29) is 17.4 Å². The lowest BCUT2D eigenvalue weighted by atomic mass is 10.0. The van der Waals surface area contributed by atoms with E-state index in [0.29, 0.717) is 0 Å². The number of carbonyl (C=O) groups excluding carboxylic acids is 1. The van der Waals surface area contributed by atoms with Crippen LogP contribution >= 0.6 is 23.5 Å². The Morgan fingerprint density at radius 1 is 0.667 bits per heavy atom. The Morgan fingerprint density at radius 3 is 1.67 bits per heavy atom. The van der Waals surface area contributed by atoms with E-state index in [4.69, 9.17) is 0 Å². The van der Waals surface area contributed by atoms with Gasteiger partial charge in [0.25, 0.3) is 0 Å². The van der Waals surface area contributed by atoms with Crippen LogP contribution in [0.25, 0.3) is 0 Å². The minimum atomic E-state index is -0.469. The van der Waals surface area contributed by atoms with Crippen molar-refractivity contribution in [3.05, 3.63) is 114 Å². The lowest BCUT2D eigenvalue weighted by Gasteiger charge is -2.17. The molecule has 0 bridgehead atoms. The Kier molecular flexibility index (Phi) is 7.60. The number of phenolic OH excluding ortho intramolecular Hbond substituents is 2. The zero-order chi connectivity index (χ0) is 23.0. The third-order valence-corrected chi connectivity index (χ3v) is 7.37. The molecule has 0 saturated carbocycles. The summed E-state index contributed by atoms with van der Waals surface area (Å²) in [6.07, 6.45) is 0.838. The van der Waals surface area contributed by atoms with Gasteiger partial charge < -0.3 is 15.5 Å². The van der Waals surface area contributed by atoms with Gasteiger partial charge in [-0.05, 0) is 78.2 Å². The number of rotatable bonds is 8. The molecular weight excluding hydrogens is 450 g/mol. The fourth-order valence-electron chi connectivity index (χ4n) is 3.17. The van der Waals surface area contributed by atoms with Gasteiger partial charge in [0.2, 0.25) is 5.91 Å². The minimum absolute atomic E-state index is 0.137. The number of thioether (sulfide) groups is 2. The van der Waals surface area contributed by atoms with Crippen LogP contribution in [0, 0.1) is 0 Å². The van der Waals surface area contributed by atoms with E-state index in [9.17, 15) is 15.0 Å². The topological polar surface area (TPSA) is 69.6 Å². The summed E-state index contributed by atoms with van der Waals surface area (Å²) in [7, 11) is 0. The average molecular weight is 474 g/mol. The number of phenols is 2.